The first-order valence-corrected chi connectivity index (χ1v) is 11.1. The van der Waals surface area contributed by atoms with Crippen LogP contribution in [0.3, 0.4) is 0 Å². The number of aromatic nitrogens is 2. The van der Waals surface area contributed by atoms with Gasteiger partial charge in [0, 0.05) is 11.1 Å². The number of ether oxygens (including phenoxy) is 1. The van der Waals surface area contributed by atoms with Gasteiger partial charge in [-0.2, -0.15) is 4.98 Å². The first-order valence-electron chi connectivity index (χ1n) is 11.1. The van der Waals surface area contributed by atoms with Gasteiger partial charge in [-0.3, -0.25) is 10.1 Å². The Kier molecular flexibility index (Phi) is 8.05. The number of rotatable bonds is 8. The lowest BCUT2D eigenvalue weighted by Crippen LogP contribution is -2.53. The Hall–Kier alpha value is -3.96. The number of carbonyl (C=O) groups excluding carboxylic acids is 2. The van der Waals surface area contributed by atoms with Crippen molar-refractivity contribution in [1.82, 2.24) is 20.6 Å². The molecule has 2 amide bonds. The molecule has 3 rings (SSSR count). The highest BCUT2D eigenvalue weighted by molar-refractivity contribution is 5.97. The third-order valence-electron chi connectivity index (χ3n) is 4.88. The normalized spacial score (nSPS) is 13.1. The molecule has 0 spiro atoms. The Labute approximate surface area is 203 Å². The number of aliphatic hydroxyl groups is 1. The predicted octanol–water partition coefficient (Wildman–Crippen LogP) is 1.78. The van der Waals surface area contributed by atoms with Gasteiger partial charge in [0.05, 0.1) is 18.1 Å². The largest absolute Gasteiger partial charge is 0.444 e. The van der Waals surface area contributed by atoms with Gasteiger partial charge >= 0.3 is 6.09 Å². The fourth-order valence-corrected chi connectivity index (χ4v) is 3.36. The van der Waals surface area contributed by atoms with Gasteiger partial charge < -0.3 is 31.9 Å². The first-order chi connectivity index (χ1) is 16.5. The number of hydrogen-bond donors (Lipinski definition) is 6. The quantitative estimate of drug-likeness (QED) is 0.262. The number of nitrogens with zero attached hydrogens (tertiary/aromatic N) is 2. The molecule has 1 aromatic heterocycles. The van der Waals surface area contributed by atoms with E-state index < -0.39 is 29.9 Å². The third kappa shape index (κ3) is 7.80. The molecule has 0 radical (unpaired) electrons. The van der Waals surface area contributed by atoms with E-state index in [9.17, 15) is 14.7 Å². The average Bonchev–Trinajstić information content (AvgIpc) is 2.77. The molecule has 0 aliphatic rings. The van der Waals surface area contributed by atoms with Crippen molar-refractivity contribution in [1.29, 1.82) is 0 Å². The molecule has 1 heterocycles. The highest BCUT2D eigenvalue weighted by atomic mass is 16.6. The third-order valence-corrected chi connectivity index (χ3v) is 4.88. The number of benzene rings is 2. The molecular formula is C24H31N7O4. The SMILES string of the molecule is CC(C)(C)OC(=O)N[C@H](Cc1ccccc1)C(O)NCC(=O)Nc1ccc2nc(N)nc(N)c2c1. The van der Waals surface area contributed by atoms with Gasteiger partial charge in [-0.25, -0.2) is 9.78 Å². The zero-order valence-corrected chi connectivity index (χ0v) is 19.9. The maximum Gasteiger partial charge on any atom is 0.408 e. The molecule has 1 unspecified atom stereocenters. The summed E-state index contributed by atoms with van der Waals surface area (Å²) in [6, 6.07) is 13.6. The van der Waals surface area contributed by atoms with E-state index in [-0.39, 0.29) is 18.3 Å². The lowest BCUT2D eigenvalue weighted by molar-refractivity contribution is -0.116. The second kappa shape index (κ2) is 11.0. The topological polar surface area (TPSA) is 178 Å². The molecular weight excluding hydrogens is 450 g/mol. The zero-order valence-electron chi connectivity index (χ0n) is 19.9. The number of carbonyl (C=O) groups is 2. The fourth-order valence-electron chi connectivity index (χ4n) is 3.36. The van der Waals surface area contributed by atoms with Crippen LogP contribution in [0.15, 0.2) is 48.5 Å². The number of hydrogen-bond acceptors (Lipinski definition) is 9. The summed E-state index contributed by atoms with van der Waals surface area (Å²) in [5.41, 5.74) is 12.7. The molecule has 0 fully saturated rings. The van der Waals surface area contributed by atoms with Crippen molar-refractivity contribution in [2.75, 3.05) is 23.3 Å². The number of fused-ring (bicyclic) bond motifs is 1. The Balaban J connectivity index is 1.63. The van der Waals surface area contributed by atoms with E-state index in [0.717, 1.165) is 5.56 Å². The molecule has 0 aliphatic carbocycles. The summed E-state index contributed by atoms with van der Waals surface area (Å²) in [6.45, 7) is 5.03. The average molecular weight is 482 g/mol. The van der Waals surface area contributed by atoms with Gasteiger partial charge in [-0.15, -0.1) is 0 Å². The summed E-state index contributed by atoms with van der Waals surface area (Å²) in [5.74, 6) is -0.141. The molecule has 0 saturated carbocycles. The van der Waals surface area contributed by atoms with E-state index in [4.69, 9.17) is 16.2 Å². The summed E-state index contributed by atoms with van der Waals surface area (Å²) >= 11 is 0. The molecule has 2 aromatic carbocycles. The number of nitrogen functional groups attached to an aromatic ring is 2. The number of anilines is 3. The smallest absolute Gasteiger partial charge is 0.408 e. The van der Waals surface area contributed by atoms with Gasteiger partial charge in [0.1, 0.15) is 17.6 Å². The van der Waals surface area contributed by atoms with Crippen LogP contribution in [0.2, 0.25) is 0 Å². The van der Waals surface area contributed by atoms with Gasteiger partial charge in [-0.05, 0) is 51.0 Å². The van der Waals surface area contributed by atoms with Crippen LogP contribution in [0, 0.1) is 0 Å². The van der Waals surface area contributed by atoms with Crippen LogP contribution < -0.4 is 27.4 Å². The molecule has 0 aliphatic heterocycles. The second-order valence-corrected chi connectivity index (χ2v) is 9.02. The maximum atomic E-state index is 12.5. The minimum Gasteiger partial charge on any atom is -0.444 e. The van der Waals surface area contributed by atoms with E-state index in [0.29, 0.717) is 23.0 Å². The highest BCUT2D eigenvalue weighted by Crippen LogP contribution is 2.22. The van der Waals surface area contributed by atoms with Gasteiger partial charge in [0.25, 0.3) is 0 Å². The van der Waals surface area contributed by atoms with E-state index in [2.05, 4.69) is 25.9 Å². The molecule has 11 heteroatoms. The van der Waals surface area contributed by atoms with Gasteiger partial charge in [0.15, 0.2) is 0 Å². The molecule has 3 aromatic rings. The molecule has 8 N–H and O–H groups in total. The molecule has 11 nitrogen and oxygen atoms in total. The minimum absolute atomic E-state index is 0.0648. The molecule has 2 atom stereocenters. The van der Waals surface area contributed by atoms with E-state index in [1.807, 2.05) is 30.3 Å². The van der Waals surface area contributed by atoms with Crippen LogP contribution in [0.25, 0.3) is 10.9 Å². The Morgan fingerprint density at radius 1 is 1.09 bits per heavy atom. The van der Waals surface area contributed by atoms with Crippen LogP contribution in [0.4, 0.5) is 22.2 Å². The van der Waals surface area contributed by atoms with Crippen LogP contribution in [-0.2, 0) is 16.0 Å². The second-order valence-electron chi connectivity index (χ2n) is 9.02. The van der Waals surface area contributed by atoms with Crippen molar-refractivity contribution in [3.63, 3.8) is 0 Å². The van der Waals surface area contributed by atoms with Gasteiger partial charge in [0.2, 0.25) is 11.9 Å². The number of nitrogens with two attached hydrogens (primary N) is 2. The lowest BCUT2D eigenvalue weighted by atomic mass is 10.0. The molecule has 186 valence electrons. The summed E-state index contributed by atoms with van der Waals surface area (Å²) < 4.78 is 5.32. The fraction of sp³-hybridized carbons (Fsp3) is 0.333. The Bertz CT molecular complexity index is 1180. The highest BCUT2D eigenvalue weighted by Gasteiger charge is 2.25. The molecule has 35 heavy (non-hydrogen) atoms. The van der Waals surface area contributed by atoms with Crippen molar-refractivity contribution < 1.29 is 19.4 Å². The zero-order chi connectivity index (χ0) is 25.6. The number of alkyl carbamates (subject to hydrolysis) is 1. The minimum atomic E-state index is -1.22. The summed E-state index contributed by atoms with van der Waals surface area (Å²) in [7, 11) is 0. The Morgan fingerprint density at radius 3 is 2.49 bits per heavy atom. The summed E-state index contributed by atoms with van der Waals surface area (Å²) in [5, 5.41) is 19.4. The van der Waals surface area contributed by atoms with Crippen LogP contribution in [-0.4, -0.2) is 51.5 Å². The lowest BCUT2D eigenvalue weighted by Gasteiger charge is -2.27. The Morgan fingerprint density at radius 2 is 1.80 bits per heavy atom. The molecule has 0 bridgehead atoms. The monoisotopic (exact) mass is 481 g/mol. The van der Waals surface area contributed by atoms with E-state index >= 15 is 0 Å². The summed E-state index contributed by atoms with van der Waals surface area (Å²) in [6.07, 6.45) is -1.57. The maximum absolute atomic E-state index is 12.5. The summed E-state index contributed by atoms with van der Waals surface area (Å²) in [4.78, 5) is 32.8. The number of nitrogens with one attached hydrogen (secondary N) is 3. The van der Waals surface area contributed by atoms with Crippen molar-refractivity contribution in [2.24, 2.45) is 0 Å². The van der Waals surface area contributed by atoms with Crippen LogP contribution >= 0.6 is 0 Å². The van der Waals surface area contributed by atoms with E-state index in [1.54, 1.807) is 39.0 Å². The standard InChI is InChI=1S/C24H31N7O4/c1-24(2,3)35-23(34)30-18(11-14-7-5-4-6-8-14)21(33)27-13-19(32)28-15-9-10-17-16(12-15)20(25)31-22(26)29-17/h4-10,12,18,21,27,33H,11,13H2,1-3H3,(H,28,32)(H,30,34)(H4,25,26,29,31)/t18-,21?/m1/s1. The number of amides is 2. The van der Waals surface area contributed by atoms with Crippen molar-refractivity contribution in [2.45, 2.75) is 45.1 Å². The van der Waals surface area contributed by atoms with Crippen molar-refractivity contribution in [3.8, 4) is 0 Å². The first kappa shape index (κ1) is 25.7. The predicted molar refractivity (Wildman–Crippen MR) is 134 cm³/mol. The molecule has 0 saturated heterocycles. The van der Waals surface area contributed by atoms with Crippen molar-refractivity contribution in [3.05, 3.63) is 54.1 Å². The number of aliphatic hydroxyl groups excluding tert-OH is 1. The van der Waals surface area contributed by atoms with Crippen molar-refractivity contribution >= 4 is 40.4 Å². The van der Waals surface area contributed by atoms with Crippen LogP contribution in [0.5, 0.6) is 0 Å². The van der Waals surface area contributed by atoms with Crippen LogP contribution in [0.1, 0.15) is 26.3 Å². The van der Waals surface area contributed by atoms with E-state index in [1.165, 1.54) is 0 Å². The van der Waals surface area contributed by atoms with Gasteiger partial charge in [-0.1, -0.05) is 30.3 Å².